The highest BCUT2D eigenvalue weighted by Gasteiger charge is 2.12. The second-order valence-corrected chi connectivity index (χ2v) is 5.26. The lowest BCUT2D eigenvalue weighted by Gasteiger charge is -2.04. The average molecular weight is 312 g/mol. The number of methoxy groups -OCH3 is 1. The molecule has 1 aromatic heterocycles. The van der Waals surface area contributed by atoms with E-state index in [2.05, 4.69) is 0 Å². The van der Waals surface area contributed by atoms with Gasteiger partial charge in [0.1, 0.15) is 22.8 Å². The Morgan fingerprint density at radius 2 is 2.00 bits per heavy atom. The van der Waals surface area contributed by atoms with Gasteiger partial charge in [-0.25, -0.2) is 0 Å². The molecule has 0 fully saturated rings. The van der Waals surface area contributed by atoms with Crippen LogP contribution in [0.3, 0.4) is 0 Å². The van der Waals surface area contributed by atoms with Gasteiger partial charge in [-0.15, -0.1) is 0 Å². The number of aliphatic carboxylic acids is 1. The number of rotatable bonds is 5. The van der Waals surface area contributed by atoms with Gasteiger partial charge in [0.2, 0.25) is 0 Å². The smallest absolute Gasteiger partial charge is 0.303 e. The maximum Gasteiger partial charge on any atom is 0.303 e. The fourth-order valence-electron chi connectivity index (χ4n) is 2.48. The summed E-state index contributed by atoms with van der Waals surface area (Å²) in [6.45, 7) is 0. The number of phenols is 1. The van der Waals surface area contributed by atoms with Gasteiger partial charge in [-0.3, -0.25) is 4.79 Å². The van der Waals surface area contributed by atoms with Crippen LogP contribution in [0.1, 0.15) is 12.0 Å². The van der Waals surface area contributed by atoms with Gasteiger partial charge >= 0.3 is 5.97 Å². The van der Waals surface area contributed by atoms with E-state index in [1.807, 2.05) is 24.3 Å². The minimum Gasteiger partial charge on any atom is -0.507 e. The van der Waals surface area contributed by atoms with Gasteiger partial charge in [0.15, 0.2) is 0 Å². The first-order valence-electron chi connectivity index (χ1n) is 7.18. The molecule has 118 valence electrons. The highest BCUT2D eigenvalue weighted by molar-refractivity contribution is 5.84. The number of benzene rings is 2. The van der Waals surface area contributed by atoms with Crippen LogP contribution in [0.4, 0.5) is 0 Å². The summed E-state index contributed by atoms with van der Waals surface area (Å²) in [5.74, 6) is 0.379. The summed E-state index contributed by atoms with van der Waals surface area (Å²) in [5, 5.41) is 19.7. The van der Waals surface area contributed by atoms with Crippen molar-refractivity contribution in [2.45, 2.75) is 12.8 Å². The van der Waals surface area contributed by atoms with Crippen molar-refractivity contribution in [1.29, 1.82) is 0 Å². The molecule has 3 aromatic rings. The molecule has 3 rings (SSSR count). The number of aryl methyl sites for hydroxylation is 1. The van der Waals surface area contributed by atoms with Gasteiger partial charge in [0.05, 0.1) is 12.7 Å². The molecule has 0 atom stereocenters. The number of fused-ring (bicyclic) bond motifs is 1. The lowest BCUT2D eigenvalue weighted by Crippen LogP contribution is -1.96. The van der Waals surface area contributed by atoms with Crippen LogP contribution >= 0.6 is 0 Å². The van der Waals surface area contributed by atoms with E-state index < -0.39 is 5.97 Å². The molecular formula is C18H16O5. The normalized spacial score (nSPS) is 10.8. The largest absolute Gasteiger partial charge is 0.507 e. The van der Waals surface area contributed by atoms with Crippen molar-refractivity contribution < 1.29 is 24.2 Å². The van der Waals surface area contributed by atoms with Crippen molar-refractivity contribution in [1.82, 2.24) is 0 Å². The maximum atomic E-state index is 10.7. The molecule has 0 saturated heterocycles. The SMILES string of the molecule is COc1ccc(-c2cc3cc(CCC(=O)O)ccc3o2)c(O)c1. The van der Waals surface area contributed by atoms with Gasteiger partial charge in [0.25, 0.3) is 0 Å². The molecule has 0 radical (unpaired) electrons. The maximum absolute atomic E-state index is 10.7. The van der Waals surface area contributed by atoms with Gasteiger partial charge in [-0.05, 0) is 42.3 Å². The monoisotopic (exact) mass is 312 g/mol. The molecule has 0 spiro atoms. The number of hydrogen-bond acceptors (Lipinski definition) is 4. The van der Waals surface area contributed by atoms with Crippen LogP contribution in [0.5, 0.6) is 11.5 Å². The van der Waals surface area contributed by atoms with Crippen molar-refractivity contribution in [3.05, 3.63) is 48.0 Å². The van der Waals surface area contributed by atoms with Crippen LogP contribution in [0, 0.1) is 0 Å². The Hall–Kier alpha value is -2.95. The van der Waals surface area contributed by atoms with Gasteiger partial charge in [-0.2, -0.15) is 0 Å². The molecule has 0 aliphatic heterocycles. The molecule has 0 aliphatic rings. The first kappa shape index (κ1) is 15.0. The topological polar surface area (TPSA) is 79.9 Å². The summed E-state index contributed by atoms with van der Waals surface area (Å²) in [6.07, 6.45) is 0.565. The van der Waals surface area contributed by atoms with Gasteiger partial charge in [-0.1, -0.05) is 6.07 Å². The van der Waals surface area contributed by atoms with E-state index in [4.69, 9.17) is 14.3 Å². The Labute approximate surface area is 132 Å². The molecule has 0 aliphatic carbocycles. The molecule has 5 heteroatoms. The van der Waals surface area contributed by atoms with Crippen molar-refractivity contribution in [3.63, 3.8) is 0 Å². The summed E-state index contributed by atoms with van der Waals surface area (Å²) in [5.41, 5.74) is 2.20. The second kappa shape index (κ2) is 6.04. The number of phenolic OH excluding ortho intramolecular Hbond substituents is 1. The lowest BCUT2D eigenvalue weighted by molar-refractivity contribution is -0.136. The number of carboxylic acids is 1. The van der Waals surface area contributed by atoms with E-state index in [9.17, 15) is 9.90 Å². The van der Waals surface area contributed by atoms with Crippen molar-refractivity contribution >= 4 is 16.9 Å². The standard InChI is InChI=1S/C18H16O5/c1-22-13-4-5-14(15(19)10-13)17-9-12-8-11(3-7-18(20)21)2-6-16(12)23-17/h2,4-6,8-10,19H,3,7H2,1H3,(H,20,21). The van der Waals surface area contributed by atoms with E-state index >= 15 is 0 Å². The number of aromatic hydroxyl groups is 1. The van der Waals surface area contributed by atoms with Crippen molar-refractivity contribution in [2.24, 2.45) is 0 Å². The van der Waals surface area contributed by atoms with Crippen molar-refractivity contribution in [3.8, 4) is 22.8 Å². The third-order valence-electron chi connectivity index (χ3n) is 3.68. The minimum atomic E-state index is -0.818. The molecule has 0 unspecified atom stereocenters. The molecule has 0 saturated carbocycles. The molecule has 0 bridgehead atoms. The zero-order valence-electron chi connectivity index (χ0n) is 12.6. The van der Waals surface area contributed by atoms with E-state index in [0.717, 1.165) is 10.9 Å². The van der Waals surface area contributed by atoms with E-state index in [1.54, 1.807) is 12.1 Å². The van der Waals surface area contributed by atoms with Crippen LogP contribution in [-0.4, -0.2) is 23.3 Å². The average Bonchev–Trinajstić information content (AvgIpc) is 2.95. The summed E-state index contributed by atoms with van der Waals surface area (Å²) in [6, 6.07) is 12.4. The van der Waals surface area contributed by atoms with E-state index in [1.165, 1.54) is 13.2 Å². The number of carbonyl (C=O) groups is 1. The molecule has 2 aromatic carbocycles. The molecular weight excluding hydrogens is 296 g/mol. The Morgan fingerprint density at radius 3 is 2.70 bits per heavy atom. The fraction of sp³-hybridized carbons (Fsp3) is 0.167. The molecule has 2 N–H and O–H groups in total. The molecule has 1 heterocycles. The molecule has 5 nitrogen and oxygen atoms in total. The number of hydrogen-bond donors (Lipinski definition) is 2. The quantitative estimate of drug-likeness (QED) is 0.748. The Balaban J connectivity index is 1.95. The second-order valence-electron chi connectivity index (χ2n) is 5.26. The summed E-state index contributed by atoms with van der Waals surface area (Å²) >= 11 is 0. The first-order valence-corrected chi connectivity index (χ1v) is 7.18. The first-order chi connectivity index (χ1) is 11.1. The lowest BCUT2D eigenvalue weighted by atomic mass is 10.1. The zero-order chi connectivity index (χ0) is 16.4. The Bertz CT molecular complexity index is 863. The number of ether oxygens (including phenoxy) is 1. The van der Waals surface area contributed by atoms with Gasteiger partial charge in [0, 0.05) is 17.9 Å². The van der Waals surface area contributed by atoms with Crippen molar-refractivity contribution in [2.75, 3.05) is 7.11 Å². The summed E-state index contributed by atoms with van der Waals surface area (Å²) in [4.78, 5) is 10.7. The molecule has 0 amide bonds. The minimum absolute atomic E-state index is 0.0782. The van der Waals surface area contributed by atoms with E-state index in [-0.39, 0.29) is 12.2 Å². The van der Waals surface area contributed by atoms with Crippen LogP contribution in [0.2, 0.25) is 0 Å². The third kappa shape index (κ3) is 3.13. The van der Waals surface area contributed by atoms with E-state index in [0.29, 0.717) is 29.1 Å². The Morgan fingerprint density at radius 1 is 1.17 bits per heavy atom. The molecule has 23 heavy (non-hydrogen) atoms. The highest BCUT2D eigenvalue weighted by Crippen LogP contribution is 2.35. The summed E-state index contributed by atoms with van der Waals surface area (Å²) in [7, 11) is 1.54. The fourth-order valence-corrected chi connectivity index (χ4v) is 2.48. The van der Waals surface area contributed by atoms with Crippen LogP contribution in [-0.2, 0) is 11.2 Å². The predicted molar refractivity (Wildman–Crippen MR) is 85.8 cm³/mol. The highest BCUT2D eigenvalue weighted by atomic mass is 16.5. The number of carboxylic acid groups (broad SMARTS) is 1. The third-order valence-corrected chi connectivity index (χ3v) is 3.68. The van der Waals surface area contributed by atoms with Gasteiger partial charge < -0.3 is 19.4 Å². The Kier molecular flexibility index (Phi) is 3.93. The van der Waals surface area contributed by atoms with Crippen LogP contribution < -0.4 is 4.74 Å². The number of furan rings is 1. The zero-order valence-corrected chi connectivity index (χ0v) is 12.6. The summed E-state index contributed by atoms with van der Waals surface area (Å²) < 4.78 is 10.8. The van der Waals surface area contributed by atoms with Crippen LogP contribution in [0.15, 0.2) is 46.9 Å². The predicted octanol–water partition coefficient (Wildman–Crippen LogP) is 3.83. The van der Waals surface area contributed by atoms with Crippen LogP contribution in [0.25, 0.3) is 22.3 Å².